The van der Waals surface area contributed by atoms with E-state index >= 15 is 0 Å². The van der Waals surface area contributed by atoms with Crippen molar-refractivity contribution in [3.63, 3.8) is 0 Å². The van der Waals surface area contributed by atoms with Gasteiger partial charge in [0.2, 0.25) is 0 Å². The van der Waals surface area contributed by atoms with Crippen molar-refractivity contribution in [2.45, 2.75) is 31.3 Å². The largest absolute Gasteiger partial charge is 0.494 e. The number of methoxy groups -OCH3 is 1. The Bertz CT molecular complexity index is 1040. The number of halogens is 1. The molecule has 150 valence electrons. The molecule has 0 radical (unpaired) electrons. The second-order valence-corrected chi connectivity index (χ2v) is 7.35. The summed E-state index contributed by atoms with van der Waals surface area (Å²) < 4.78 is 19.6. The maximum Gasteiger partial charge on any atom is 0.320 e. The number of carboxylic acid groups (broad SMARTS) is 1. The van der Waals surface area contributed by atoms with E-state index in [4.69, 9.17) is 4.74 Å². The number of pyridine rings is 1. The molecule has 0 bridgehead atoms. The average molecular weight is 394 g/mol. The molecule has 2 aromatic carbocycles. The number of nitrogens with zero attached hydrogens (tertiary/aromatic N) is 2. The van der Waals surface area contributed by atoms with Gasteiger partial charge in [0.05, 0.1) is 18.7 Å². The quantitative estimate of drug-likeness (QED) is 0.694. The Morgan fingerprint density at radius 2 is 2.03 bits per heavy atom. The van der Waals surface area contributed by atoms with Crippen molar-refractivity contribution < 1.29 is 19.0 Å². The lowest BCUT2D eigenvalue weighted by Gasteiger charge is -2.39. The number of aromatic nitrogens is 1. The van der Waals surface area contributed by atoms with Crippen LogP contribution in [0.25, 0.3) is 10.9 Å². The maximum atomic E-state index is 14.5. The molecule has 0 aliphatic carbocycles. The third-order valence-electron chi connectivity index (χ3n) is 5.58. The van der Waals surface area contributed by atoms with E-state index in [2.05, 4.69) is 4.98 Å². The van der Waals surface area contributed by atoms with Gasteiger partial charge in [-0.1, -0.05) is 30.7 Å². The number of carbonyl (C=O) groups is 1. The number of para-hydroxylation sites is 1. The zero-order chi connectivity index (χ0) is 20.4. The van der Waals surface area contributed by atoms with Gasteiger partial charge in [0, 0.05) is 11.6 Å². The Labute approximate surface area is 168 Å². The van der Waals surface area contributed by atoms with Crippen molar-refractivity contribution in [1.29, 1.82) is 0 Å². The van der Waals surface area contributed by atoms with E-state index in [0.717, 1.165) is 29.3 Å². The molecule has 1 fully saturated rings. The minimum atomic E-state index is -0.850. The highest BCUT2D eigenvalue weighted by Crippen LogP contribution is 2.36. The number of hydrogen-bond donors (Lipinski definition) is 1. The summed E-state index contributed by atoms with van der Waals surface area (Å²) in [5.41, 5.74) is 2.40. The van der Waals surface area contributed by atoms with E-state index in [-0.39, 0.29) is 5.75 Å². The van der Waals surface area contributed by atoms with Crippen molar-refractivity contribution >= 4 is 16.9 Å². The number of benzene rings is 2. The Morgan fingerprint density at radius 3 is 2.79 bits per heavy atom. The highest BCUT2D eigenvalue weighted by Gasteiger charge is 2.35. The van der Waals surface area contributed by atoms with Crippen LogP contribution >= 0.6 is 0 Å². The van der Waals surface area contributed by atoms with Crippen LogP contribution in [0.2, 0.25) is 0 Å². The first kappa shape index (κ1) is 19.3. The number of hydrogen-bond acceptors (Lipinski definition) is 4. The smallest absolute Gasteiger partial charge is 0.320 e. The highest BCUT2D eigenvalue weighted by molar-refractivity contribution is 5.79. The molecule has 2 atom stereocenters. The lowest BCUT2D eigenvalue weighted by molar-refractivity contribution is -0.145. The van der Waals surface area contributed by atoms with E-state index in [1.54, 1.807) is 18.3 Å². The molecule has 1 saturated heterocycles. The average Bonchev–Trinajstić information content (AvgIpc) is 2.74. The summed E-state index contributed by atoms with van der Waals surface area (Å²) in [5, 5.41) is 10.8. The number of rotatable bonds is 5. The molecule has 0 saturated carbocycles. The van der Waals surface area contributed by atoms with E-state index in [1.807, 2.05) is 35.2 Å². The Kier molecular flexibility index (Phi) is 5.45. The van der Waals surface area contributed by atoms with Crippen molar-refractivity contribution in [1.82, 2.24) is 9.88 Å². The van der Waals surface area contributed by atoms with Gasteiger partial charge in [0.15, 0.2) is 11.6 Å². The van der Waals surface area contributed by atoms with E-state index in [0.29, 0.717) is 18.5 Å². The number of aliphatic carboxylic acids is 1. The molecule has 1 aromatic heterocycles. The van der Waals surface area contributed by atoms with E-state index in [9.17, 15) is 14.3 Å². The molecule has 0 spiro atoms. The molecule has 0 amide bonds. The molecule has 2 unspecified atom stereocenters. The standard InChI is InChI=1S/C23H23FN2O3/c1-29-21-10-9-16(13-18(21)24)22(26-11-5-4-8-20(26)23(27)28)17-12-15-6-2-3-7-19(15)25-14-17/h2-3,6-7,9-10,12-14,20,22H,4-5,8,11H2,1H3,(H,27,28). The van der Waals surface area contributed by atoms with Gasteiger partial charge >= 0.3 is 5.97 Å². The van der Waals surface area contributed by atoms with Crippen molar-refractivity contribution in [3.05, 3.63) is 71.7 Å². The first-order valence-electron chi connectivity index (χ1n) is 9.75. The summed E-state index contributed by atoms with van der Waals surface area (Å²) >= 11 is 0. The summed E-state index contributed by atoms with van der Waals surface area (Å²) in [7, 11) is 1.42. The number of likely N-dealkylation sites (tertiary alicyclic amines) is 1. The fraction of sp³-hybridized carbons (Fsp3) is 0.304. The first-order valence-corrected chi connectivity index (χ1v) is 9.75. The van der Waals surface area contributed by atoms with Gasteiger partial charge in [-0.2, -0.15) is 0 Å². The van der Waals surface area contributed by atoms with Gasteiger partial charge < -0.3 is 9.84 Å². The summed E-state index contributed by atoms with van der Waals surface area (Å²) in [5.74, 6) is -1.15. The third kappa shape index (κ3) is 3.80. The number of piperidine rings is 1. The van der Waals surface area contributed by atoms with Crippen LogP contribution < -0.4 is 4.74 Å². The minimum Gasteiger partial charge on any atom is -0.494 e. The van der Waals surface area contributed by atoms with Crippen LogP contribution in [0, 0.1) is 5.82 Å². The second-order valence-electron chi connectivity index (χ2n) is 7.35. The van der Waals surface area contributed by atoms with Crippen LogP contribution in [0.3, 0.4) is 0 Å². The van der Waals surface area contributed by atoms with Gasteiger partial charge in [-0.3, -0.25) is 14.7 Å². The summed E-state index contributed by atoms with van der Waals surface area (Å²) in [6.45, 7) is 0.627. The summed E-state index contributed by atoms with van der Waals surface area (Å²) in [6.07, 6.45) is 4.11. The lowest BCUT2D eigenvalue weighted by atomic mass is 9.91. The molecule has 4 rings (SSSR count). The van der Waals surface area contributed by atoms with Crippen LogP contribution in [0.1, 0.15) is 36.4 Å². The fourth-order valence-electron chi connectivity index (χ4n) is 4.19. The number of ether oxygens (including phenoxy) is 1. The SMILES string of the molecule is COc1ccc(C(c2cnc3ccccc3c2)N2CCCCC2C(=O)O)cc1F. The molecule has 2 heterocycles. The molecular formula is C23H23FN2O3. The minimum absolute atomic E-state index is 0.164. The van der Waals surface area contributed by atoms with Crippen molar-refractivity contribution in [2.24, 2.45) is 0 Å². The van der Waals surface area contributed by atoms with E-state index < -0.39 is 23.9 Å². The van der Waals surface area contributed by atoms with E-state index in [1.165, 1.54) is 13.2 Å². The first-order chi connectivity index (χ1) is 14.1. The topological polar surface area (TPSA) is 62.7 Å². The predicted octanol–water partition coefficient (Wildman–Crippen LogP) is 4.41. The van der Waals surface area contributed by atoms with Crippen LogP contribution in [0.15, 0.2) is 54.7 Å². The molecule has 1 N–H and O–H groups in total. The number of fused-ring (bicyclic) bond motifs is 1. The fourth-order valence-corrected chi connectivity index (χ4v) is 4.19. The Balaban J connectivity index is 1.85. The zero-order valence-electron chi connectivity index (χ0n) is 16.2. The highest BCUT2D eigenvalue weighted by atomic mass is 19.1. The molecule has 3 aromatic rings. The Hall–Kier alpha value is -2.99. The van der Waals surface area contributed by atoms with Gasteiger partial charge in [0.25, 0.3) is 0 Å². The summed E-state index contributed by atoms with van der Waals surface area (Å²) in [4.78, 5) is 18.5. The molecule has 1 aliphatic heterocycles. The van der Waals surface area contributed by atoms with Crippen LogP contribution in [0.4, 0.5) is 4.39 Å². The van der Waals surface area contributed by atoms with Crippen molar-refractivity contribution in [2.75, 3.05) is 13.7 Å². The van der Waals surface area contributed by atoms with Crippen LogP contribution in [0.5, 0.6) is 5.75 Å². The van der Waals surface area contributed by atoms with Crippen LogP contribution in [-0.4, -0.2) is 40.7 Å². The van der Waals surface area contributed by atoms with Gasteiger partial charge in [-0.05, 0) is 54.8 Å². The van der Waals surface area contributed by atoms with Crippen LogP contribution in [-0.2, 0) is 4.79 Å². The predicted molar refractivity (Wildman–Crippen MR) is 109 cm³/mol. The molecule has 29 heavy (non-hydrogen) atoms. The van der Waals surface area contributed by atoms with Crippen molar-refractivity contribution in [3.8, 4) is 5.75 Å². The third-order valence-corrected chi connectivity index (χ3v) is 5.58. The maximum absolute atomic E-state index is 14.5. The molecule has 5 nitrogen and oxygen atoms in total. The molecular weight excluding hydrogens is 371 g/mol. The van der Waals surface area contributed by atoms with Gasteiger partial charge in [0.1, 0.15) is 6.04 Å². The second kappa shape index (κ2) is 8.17. The Morgan fingerprint density at radius 1 is 1.21 bits per heavy atom. The summed E-state index contributed by atoms with van der Waals surface area (Å²) in [6, 6.07) is 13.6. The zero-order valence-corrected chi connectivity index (χ0v) is 16.2. The van der Waals surface area contributed by atoms with Gasteiger partial charge in [-0.15, -0.1) is 0 Å². The lowest BCUT2D eigenvalue weighted by Crippen LogP contribution is -2.46. The molecule has 6 heteroatoms. The van der Waals surface area contributed by atoms with Gasteiger partial charge in [-0.25, -0.2) is 4.39 Å². The number of carboxylic acids is 1. The monoisotopic (exact) mass is 394 g/mol. The molecule has 1 aliphatic rings. The normalized spacial score (nSPS) is 18.5.